The average molecular weight is 362 g/mol. The van der Waals surface area contributed by atoms with Crippen LogP contribution in [0.5, 0.6) is 0 Å². The van der Waals surface area contributed by atoms with Gasteiger partial charge in [0.2, 0.25) is 0 Å². The zero-order chi connectivity index (χ0) is 14.4. The van der Waals surface area contributed by atoms with Crippen LogP contribution in [0, 0.1) is 0 Å². The molecule has 0 saturated heterocycles. The monoisotopic (exact) mass is 361 g/mol. The molecule has 122 valence electrons. The first-order valence-electron chi connectivity index (χ1n) is 6.45. The van der Waals surface area contributed by atoms with Crippen molar-refractivity contribution < 1.29 is 5.11 Å². The molecule has 2 aromatic rings. The molecule has 0 aliphatic rings. The van der Waals surface area contributed by atoms with Gasteiger partial charge in [0.15, 0.2) is 0 Å². The first-order valence-corrected chi connectivity index (χ1v) is 7.33. The third-order valence-corrected chi connectivity index (χ3v) is 3.76. The Morgan fingerprint density at radius 1 is 1.27 bits per heavy atom. The van der Waals surface area contributed by atoms with E-state index in [9.17, 15) is 0 Å². The van der Waals surface area contributed by atoms with Gasteiger partial charge >= 0.3 is 0 Å². The average Bonchev–Trinajstić information content (AvgIpc) is 2.93. The van der Waals surface area contributed by atoms with Crippen molar-refractivity contribution in [3.8, 4) is 0 Å². The Kier molecular flexibility index (Phi) is 10.1. The molecule has 0 amide bonds. The van der Waals surface area contributed by atoms with E-state index >= 15 is 0 Å². The minimum atomic E-state index is 0. The number of benzene rings is 1. The maximum Gasteiger partial charge on any atom is 0.141 e. The van der Waals surface area contributed by atoms with E-state index in [0.29, 0.717) is 12.4 Å². The van der Waals surface area contributed by atoms with Crippen LogP contribution in [0.15, 0.2) is 46.8 Å². The SMILES string of the molecule is CN(CCO)Cc1cccc(N=C(N)c2cccs2)c1.Cl.Cl. The summed E-state index contributed by atoms with van der Waals surface area (Å²) in [5, 5.41) is 10.9. The lowest BCUT2D eigenvalue weighted by Gasteiger charge is -2.15. The van der Waals surface area contributed by atoms with Crippen LogP contribution in [-0.4, -0.2) is 36.0 Å². The molecule has 1 heterocycles. The van der Waals surface area contributed by atoms with Gasteiger partial charge in [0.25, 0.3) is 0 Å². The number of aliphatic hydroxyl groups excluding tert-OH is 1. The van der Waals surface area contributed by atoms with E-state index in [0.717, 1.165) is 22.7 Å². The summed E-state index contributed by atoms with van der Waals surface area (Å²) in [6.07, 6.45) is 0. The third kappa shape index (κ3) is 6.34. The van der Waals surface area contributed by atoms with Gasteiger partial charge in [0.1, 0.15) is 5.84 Å². The van der Waals surface area contributed by atoms with Gasteiger partial charge in [-0.1, -0.05) is 18.2 Å². The molecule has 0 radical (unpaired) electrons. The van der Waals surface area contributed by atoms with Gasteiger partial charge < -0.3 is 10.8 Å². The molecular weight excluding hydrogens is 341 g/mol. The Bertz CT molecular complexity index is 576. The number of amidine groups is 1. The number of likely N-dealkylation sites (N-methyl/N-ethyl adjacent to an activating group) is 1. The van der Waals surface area contributed by atoms with Gasteiger partial charge in [-0.2, -0.15) is 0 Å². The van der Waals surface area contributed by atoms with Gasteiger partial charge in [-0.05, 0) is 36.2 Å². The number of nitrogens with zero attached hydrogens (tertiary/aromatic N) is 2. The Morgan fingerprint density at radius 2 is 2.05 bits per heavy atom. The van der Waals surface area contributed by atoms with Crippen LogP contribution in [0.1, 0.15) is 10.4 Å². The molecule has 3 N–H and O–H groups in total. The molecule has 0 aliphatic heterocycles. The minimum absolute atomic E-state index is 0. The molecule has 0 bridgehead atoms. The Labute approximate surface area is 147 Å². The van der Waals surface area contributed by atoms with E-state index in [4.69, 9.17) is 10.8 Å². The van der Waals surface area contributed by atoms with Crippen LogP contribution in [0.25, 0.3) is 0 Å². The summed E-state index contributed by atoms with van der Waals surface area (Å²) < 4.78 is 0. The second-order valence-corrected chi connectivity index (χ2v) is 5.55. The fourth-order valence-electron chi connectivity index (χ4n) is 1.90. The first-order chi connectivity index (χ1) is 9.69. The maximum absolute atomic E-state index is 8.91. The van der Waals surface area contributed by atoms with Gasteiger partial charge in [-0.15, -0.1) is 36.2 Å². The highest BCUT2D eigenvalue weighted by atomic mass is 35.5. The number of thiophene rings is 1. The van der Waals surface area contributed by atoms with E-state index in [1.165, 1.54) is 0 Å². The van der Waals surface area contributed by atoms with Crippen LogP contribution in [-0.2, 0) is 6.54 Å². The molecule has 7 heteroatoms. The normalized spacial score (nSPS) is 11.0. The van der Waals surface area contributed by atoms with Crippen molar-refractivity contribution in [1.82, 2.24) is 4.90 Å². The fraction of sp³-hybridized carbons (Fsp3) is 0.267. The van der Waals surface area contributed by atoms with E-state index in [2.05, 4.69) is 9.89 Å². The van der Waals surface area contributed by atoms with Crippen molar-refractivity contribution in [2.24, 2.45) is 10.7 Å². The lowest BCUT2D eigenvalue weighted by atomic mass is 10.2. The molecule has 2 rings (SSSR count). The van der Waals surface area contributed by atoms with Crippen molar-refractivity contribution in [2.75, 3.05) is 20.2 Å². The van der Waals surface area contributed by atoms with Crippen LogP contribution < -0.4 is 5.73 Å². The molecule has 22 heavy (non-hydrogen) atoms. The Hall–Kier alpha value is -1.11. The van der Waals surface area contributed by atoms with Crippen LogP contribution in [0.3, 0.4) is 0 Å². The van der Waals surface area contributed by atoms with E-state index in [-0.39, 0.29) is 31.4 Å². The summed E-state index contributed by atoms with van der Waals surface area (Å²) in [5.41, 5.74) is 7.99. The van der Waals surface area contributed by atoms with Crippen molar-refractivity contribution in [3.63, 3.8) is 0 Å². The lowest BCUT2D eigenvalue weighted by molar-refractivity contribution is 0.217. The van der Waals surface area contributed by atoms with Gasteiger partial charge in [-0.3, -0.25) is 4.90 Å². The maximum atomic E-state index is 8.91. The van der Waals surface area contributed by atoms with Crippen LogP contribution in [0.4, 0.5) is 5.69 Å². The highest BCUT2D eigenvalue weighted by Gasteiger charge is 2.02. The van der Waals surface area contributed by atoms with E-state index in [1.54, 1.807) is 11.3 Å². The topological polar surface area (TPSA) is 61.8 Å². The molecule has 0 saturated carbocycles. The number of hydrogen-bond acceptors (Lipinski definition) is 4. The van der Waals surface area contributed by atoms with Crippen molar-refractivity contribution >= 4 is 47.7 Å². The number of halogens is 2. The van der Waals surface area contributed by atoms with Crippen molar-refractivity contribution in [1.29, 1.82) is 0 Å². The summed E-state index contributed by atoms with van der Waals surface area (Å²) in [7, 11) is 1.98. The zero-order valence-corrected chi connectivity index (χ0v) is 14.8. The molecule has 0 fully saturated rings. The predicted octanol–water partition coefficient (Wildman–Crippen LogP) is 3.05. The van der Waals surface area contributed by atoms with Crippen LogP contribution in [0.2, 0.25) is 0 Å². The van der Waals surface area contributed by atoms with Crippen LogP contribution >= 0.6 is 36.2 Å². The molecule has 0 unspecified atom stereocenters. The number of hydrogen-bond donors (Lipinski definition) is 2. The predicted molar refractivity (Wildman–Crippen MR) is 99.1 cm³/mol. The summed E-state index contributed by atoms with van der Waals surface area (Å²) >= 11 is 1.58. The fourth-order valence-corrected chi connectivity index (χ4v) is 2.53. The zero-order valence-electron chi connectivity index (χ0n) is 12.3. The van der Waals surface area contributed by atoms with Crippen molar-refractivity contribution in [3.05, 3.63) is 52.2 Å². The second kappa shape index (κ2) is 10.6. The standard InChI is InChI=1S/C15H19N3OS.2ClH/c1-18(7-8-19)11-12-4-2-5-13(10-12)17-15(16)14-6-3-9-20-14;;/h2-6,9-10,19H,7-8,11H2,1H3,(H2,16,17);2*1H. The molecule has 1 aromatic carbocycles. The number of aliphatic hydroxyl groups is 1. The highest BCUT2D eigenvalue weighted by molar-refractivity contribution is 7.12. The molecule has 0 atom stereocenters. The minimum Gasteiger partial charge on any atom is -0.395 e. The third-order valence-electron chi connectivity index (χ3n) is 2.87. The number of aliphatic imine (C=N–C) groups is 1. The van der Waals surface area contributed by atoms with E-state index < -0.39 is 0 Å². The van der Waals surface area contributed by atoms with Gasteiger partial charge in [0, 0.05) is 13.1 Å². The van der Waals surface area contributed by atoms with E-state index in [1.807, 2.05) is 48.8 Å². The summed E-state index contributed by atoms with van der Waals surface area (Å²) in [6.45, 7) is 1.60. The highest BCUT2D eigenvalue weighted by Crippen LogP contribution is 2.17. The number of nitrogens with two attached hydrogens (primary N) is 1. The molecule has 1 aromatic heterocycles. The summed E-state index contributed by atoms with van der Waals surface area (Å²) in [4.78, 5) is 7.49. The largest absolute Gasteiger partial charge is 0.395 e. The smallest absolute Gasteiger partial charge is 0.141 e. The number of rotatable bonds is 6. The quantitative estimate of drug-likeness (QED) is 0.613. The summed E-state index contributed by atoms with van der Waals surface area (Å²) in [6, 6.07) is 11.9. The Morgan fingerprint density at radius 3 is 2.68 bits per heavy atom. The van der Waals surface area contributed by atoms with Gasteiger partial charge in [-0.25, -0.2) is 4.99 Å². The molecule has 0 spiro atoms. The second-order valence-electron chi connectivity index (χ2n) is 4.61. The Balaban J connectivity index is 0.00000220. The molecule has 4 nitrogen and oxygen atoms in total. The molecular formula is C15H21Cl2N3OS. The van der Waals surface area contributed by atoms with Crippen molar-refractivity contribution in [2.45, 2.75) is 6.54 Å². The first kappa shape index (κ1) is 20.9. The summed E-state index contributed by atoms with van der Waals surface area (Å²) in [5.74, 6) is 0.542. The lowest BCUT2D eigenvalue weighted by Crippen LogP contribution is -2.21. The van der Waals surface area contributed by atoms with Gasteiger partial charge in [0.05, 0.1) is 17.2 Å². The molecule has 0 aliphatic carbocycles.